The van der Waals surface area contributed by atoms with Crippen molar-refractivity contribution in [1.29, 1.82) is 0 Å². The van der Waals surface area contributed by atoms with Crippen LogP contribution in [0.3, 0.4) is 0 Å². The first-order valence-electron chi connectivity index (χ1n) is 33.2. The second kappa shape index (κ2) is 21.4. The minimum atomic E-state index is -0.0577. The van der Waals surface area contributed by atoms with Crippen LogP contribution in [-0.2, 0) is 5.41 Å². The van der Waals surface area contributed by atoms with Gasteiger partial charge in [0.2, 0.25) is 0 Å². The summed E-state index contributed by atoms with van der Waals surface area (Å²) in [5.41, 5.74) is 19.7. The summed E-state index contributed by atoms with van der Waals surface area (Å²) in [6.45, 7) is 4.70. The van der Waals surface area contributed by atoms with Crippen LogP contribution in [0.25, 0.3) is 151 Å². The molecule has 16 aromatic carbocycles. The van der Waals surface area contributed by atoms with Gasteiger partial charge in [0.1, 0.15) is 33.5 Å². The van der Waals surface area contributed by atoms with Crippen molar-refractivity contribution in [2.45, 2.75) is 19.3 Å². The monoisotopic (exact) mass is 1260 g/mol. The van der Waals surface area contributed by atoms with Crippen LogP contribution >= 0.6 is 11.3 Å². The van der Waals surface area contributed by atoms with Crippen LogP contribution < -0.4 is 9.80 Å². The number of hydrogen-bond donors (Lipinski definition) is 0. The quantitative estimate of drug-likeness (QED) is 0.149. The zero-order valence-corrected chi connectivity index (χ0v) is 53.9. The number of thiophene rings is 1. The number of furan rings is 3. The molecular weight excluding hydrogens is 1200 g/mol. The van der Waals surface area contributed by atoms with E-state index >= 15 is 0 Å². The van der Waals surface area contributed by atoms with Gasteiger partial charge in [-0.3, -0.25) is 0 Å². The molecule has 20 aromatic rings. The Labute approximate surface area is 562 Å². The standard InChI is InChI=1S/C47H33NS.C44H25NO3/c1-47(2)41-14-8-6-12-38(41)39-26-24-36(29-42(39)47)48(34-10-4-3-5-11-34)35-22-18-30(19-23-35)32-20-25-37-33(28-32)17-16-31-21-27-44-46(45(31)37)40-13-7-9-15-43(40)49-44;1-4-10-37-31(7-1)33-20-18-30(25-42(33)48-37)45(29-19-22-40-36(24-29)32-8-2-5-11-38(32)46-40)28-17-15-26-13-14-27-16-21-41-44(43(27)35(26)23-28)34-9-3-6-12-39(34)47-41/h3-29H,1-2H3;1-25H. The molecule has 6 heteroatoms. The van der Waals surface area contributed by atoms with Crippen LogP contribution in [0.15, 0.2) is 329 Å². The first-order valence-corrected chi connectivity index (χ1v) is 34.0. The van der Waals surface area contributed by atoms with E-state index in [2.05, 4.69) is 303 Å². The molecule has 0 N–H and O–H groups in total. The third-order valence-electron chi connectivity index (χ3n) is 20.5. The predicted molar refractivity (Wildman–Crippen MR) is 410 cm³/mol. The first kappa shape index (κ1) is 55.3. The van der Waals surface area contributed by atoms with Gasteiger partial charge >= 0.3 is 0 Å². The zero-order valence-electron chi connectivity index (χ0n) is 53.0. The van der Waals surface area contributed by atoms with Crippen LogP contribution in [0.5, 0.6) is 0 Å². The Hall–Kier alpha value is -12.2. The van der Waals surface area contributed by atoms with Crippen LogP contribution in [0.2, 0.25) is 0 Å². The Morgan fingerprint density at radius 2 is 0.732 bits per heavy atom. The Kier molecular flexibility index (Phi) is 12.2. The van der Waals surface area contributed by atoms with Gasteiger partial charge in [-0.1, -0.05) is 202 Å². The topological polar surface area (TPSA) is 45.9 Å². The molecule has 0 unspecified atom stereocenters. The Morgan fingerprint density at radius 1 is 0.247 bits per heavy atom. The van der Waals surface area contributed by atoms with Gasteiger partial charge in [-0.05, 0) is 192 Å². The number of benzene rings is 16. The summed E-state index contributed by atoms with van der Waals surface area (Å²) < 4.78 is 21.6. The van der Waals surface area contributed by atoms with E-state index in [0.29, 0.717) is 0 Å². The predicted octanol–water partition coefficient (Wildman–Crippen LogP) is 27.0. The molecule has 0 radical (unpaired) electrons. The van der Waals surface area contributed by atoms with Gasteiger partial charge in [0.25, 0.3) is 0 Å². The van der Waals surface area contributed by atoms with Gasteiger partial charge in [0.15, 0.2) is 0 Å². The smallest absolute Gasteiger partial charge is 0.137 e. The zero-order chi connectivity index (χ0) is 64.0. The van der Waals surface area contributed by atoms with Crippen molar-refractivity contribution in [2.24, 2.45) is 0 Å². The van der Waals surface area contributed by atoms with Gasteiger partial charge in [-0.25, -0.2) is 0 Å². The summed E-state index contributed by atoms with van der Waals surface area (Å²) in [5.74, 6) is 0. The van der Waals surface area contributed by atoms with Gasteiger partial charge in [0.05, 0.1) is 0 Å². The van der Waals surface area contributed by atoms with Gasteiger partial charge in [0, 0.05) is 103 Å². The summed E-state index contributed by atoms with van der Waals surface area (Å²) in [6.07, 6.45) is 0. The molecule has 0 spiro atoms. The Bertz CT molecular complexity index is 6630. The van der Waals surface area contributed by atoms with Crippen molar-refractivity contribution in [3.63, 3.8) is 0 Å². The molecule has 0 fully saturated rings. The van der Waals surface area contributed by atoms with E-state index in [1.807, 2.05) is 47.7 Å². The SMILES string of the molecule is CC1(C)c2ccccc2-c2ccc(N(c3ccccc3)c3ccc(-c4ccc5c(ccc6ccc7sc8ccccc8c7c65)c4)cc3)cc21.c1ccc2c(c1)oc1cc(N(c3ccc4oc5ccccc5c4c3)c3ccc4ccc5ccc6oc7ccccc7c6c5c4c3)ccc12. The fraction of sp³-hybridized carbons (Fsp3) is 0.0330. The van der Waals surface area contributed by atoms with Crippen molar-refractivity contribution in [2.75, 3.05) is 9.80 Å². The van der Waals surface area contributed by atoms with Crippen molar-refractivity contribution < 1.29 is 13.3 Å². The fourth-order valence-corrected chi connectivity index (χ4v) is 17.0. The molecule has 0 amide bonds. The largest absolute Gasteiger partial charge is 0.456 e. The van der Waals surface area contributed by atoms with Gasteiger partial charge in [-0.15, -0.1) is 11.3 Å². The average Bonchev–Trinajstić information content (AvgIpc) is 1.62. The van der Waals surface area contributed by atoms with Gasteiger partial charge in [-0.2, -0.15) is 0 Å². The highest BCUT2D eigenvalue weighted by molar-refractivity contribution is 7.26. The number of fused-ring (bicyclic) bond motifs is 23. The van der Waals surface area contributed by atoms with E-state index in [1.54, 1.807) is 0 Å². The van der Waals surface area contributed by atoms with Crippen LogP contribution in [0.4, 0.5) is 34.1 Å². The lowest BCUT2D eigenvalue weighted by atomic mass is 9.82. The van der Waals surface area contributed by atoms with Crippen LogP contribution in [-0.4, -0.2) is 0 Å². The lowest BCUT2D eigenvalue weighted by Gasteiger charge is -2.28. The molecule has 1 aliphatic rings. The maximum Gasteiger partial charge on any atom is 0.137 e. The highest BCUT2D eigenvalue weighted by atomic mass is 32.1. The normalized spacial score (nSPS) is 12.7. The lowest BCUT2D eigenvalue weighted by Crippen LogP contribution is -2.16. The molecule has 97 heavy (non-hydrogen) atoms. The maximum atomic E-state index is 6.39. The van der Waals surface area contributed by atoms with Crippen molar-refractivity contribution in [3.8, 4) is 22.3 Å². The minimum absolute atomic E-state index is 0.0577. The molecule has 4 heterocycles. The highest BCUT2D eigenvalue weighted by Crippen LogP contribution is 2.52. The van der Waals surface area contributed by atoms with Crippen molar-refractivity contribution in [3.05, 3.63) is 327 Å². The summed E-state index contributed by atoms with van der Waals surface area (Å²) in [4.78, 5) is 4.70. The van der Waals surface area contributed by atoms with Crippen LogP contribution in [0.1, 0.15) is 25.0 Å². The second-order valence-electron chi connectivity index (χ2n) is 26.3. The van der Waals surface area contributed by atoms with E-state index in [4.69, 9.17) is 13.3 Å². The molecule has 21 rings (SSSR count). The average molecular weight is 1260 g/mol. The summed E-state index contributed by atoms with van der Waals surface area (Å²) >= 11 is 1.88. The van der Waals surface area contributed by atoms with E-state index in [-0.39, 0.29) is 5.41 Å². The molecular formula is C91H58N2O3S. The number of para-hydroxylation sites is 4. The lowest BCUT2D eigenvalue weighted by molar-refractivity contribution is 0.660. The molecule has 5 nitrogen and oxygen atoms in total. The van der Waals surface area contributed by atoms with E-state index < -0.39 is 0 Å². The Morgan fingerprint density at radius 3 is 1.55 bits per heavy atom. The van der Waals surface area contributed by atoms with E-state index in [9.17, 15) is 0 Å². The second-order valence-corrected chi connectivity index (χ2v) is 27.3. The minimum Gasteiger partial charge on any atom is -0.456 e. The first-order chi connectivity index (χ1) is 47.8. The summed E-state index contributed by atoms with van der Waals surface area (Å²) in [7, 11) is 0. The molecule has 456 valence electrons. The summed E-state index contributed by atoms with van der Waals surface area (Å²) in [5, 5.41) is 19.3. The molecule has 0 saturated carbocycles. The fourth-order valence-electron chi connectivity index (χ4n) is 15.8. The molecule has 0 saturated heterocycles. The van der Waals surface area contributed by atoms with E-state index in [0.717, 1.165) is 94.3 Å². The van der Waals surface area contributed by atoms with Crippen molar-refractivity contribution in [1.82, 2.24) is 0 Å². The number of anilines is 6. The summed E-state index contributed by atoms with van der Waals surface area (Å²) in [6, 6.07) is 114. The van der Waals surface area contributed by atoms with Crippen LogP contribution in [0, 0.1) is 0 Å². The molecule has 0 atom stereocenters. The molecule has 1 aliphatic carbocycles. The molecule has 4 aromatic heterocycles. The third kappa shape index (κ3) is 8.70. The highest BCUT2D eigenvalue weighted by Gasteiger charge is 2.36. The Balaban J connectivity index is 0.000000132. The van der Waals surface area contributed by atoms with Gasteiger partial charge < -0.3 is 23.1 Å². The van der Waals surface area contributed by atoms with Crippen molar-refractivity contribution >= 4 is 175 Å². The number of hydrogen-bond acceptors (Lipinski definition) is 6. The maximum absolute atomic E-state index is 6.39. The number of rotatable bonds is 7. The third-order valence-corrected chi connectivity index (χ3v) is 21.6. The molecule has 0 bridgehead atoms. The van der Waals surface area contributed by atoms with E-state index in [1.165, 1.54) is 102 Å². The number of nitrogens with zero attached hydrogens (tertiary/aromatic N) is 2. The molecule has 0 aliphatic heterocycles.